The topological polar surface area (TPSA) is 105 Å². The molecule has 3 N–H and O–H groups in total. The van der Waals surface area contributed by atoms with Crippen molar-refractivity contribution in [2.45, 2.75) is 32.0 Å². The van der Waals surface area contributed by atoms with Crippen molar-refractivity contribution in [2.75, 3.05) is 19.7 Å². The van der Waals surface area contributed by atoms with E-state index in [1.54, 1.807) is 36.4 Å². The monoisotopic (exact) mass is 475 g/mol. The molecule has 1 unspecified atom stereocenters. The Morgan fingerprint density at radius 1 is 1.03 bits per heavy atom. The van der Waals surface area contributed by atoms with Crippen LogP contribution >= 0.6 is 0 Å². The average Bonchev–Trinajstić information content (AvgIpc) is 2.87. The van der Waals surface area contributed by atoms with Crippen LogP contribution in [0.5, 0.6) is 11.5 Å². The van der Waals surface area contributed by atoms with E-state index in [0.29, 0.717) is 24.4 Å². The summed E-state index contributed by atoms with van der Waals surface area (Å²) >= 11 is 0. The van der Waals surface area contributed by atoms with E-state index in [1.807, 2.05) is 24.3 Å². The van der Waals surface area contributed by atoms with Crippen molar-refractivity contribution in [3.63, 3.8) is 0 Å². The van der Waals surface area contributed by atoms with Gasteiger partial charge in [-0.2, -0.15) is 0 Å². The van der Waals surface area contributed by atoms with Crippen molar-refractivity contribution in [1.29, 1.82) is 0 Å². The van der Waals surface area contributed by atoms with E-state index >= 15 is 0 Å². The minimum Gasteiger partial charge on any atom is -0.491 e. The van der Waals surface area contributed by atoms with Crippen LogP contribution in [0.25, 0.3) is 11.1 Å². The molecule has 2 atom stereocenters. The molecule has 0 aliphatic carbocycles. The number of hydrogen-bond donors (Lipinski definition) is 3. The van der Waals surface area contributed by atoms with Gasteiger partial charge in [0.2, 0.25) is 0 Å². The maximum atomic E-state index is 11.3. The minimum atomic E-state index is -0.935. The van der Waals surface area contributed by atoms with Gasteiger partial charge in [0.05, 0.1) is 5.56 Å². The van der Waals surface area contributed by atoms with Gasteiger partial charge in [-0.1, -0.05) is 18.2 Å². The molecule has 0 saturated heterocycles. The molecule has 7 nitrogen and oxygen atoms in total. The number of fused-ring (bicyclic) bond motifs is 1. The van der Waals surface area contributed by atoms with E-state index < -0.39 is 12.1 Å². The van der Waals surface area contributed by atoms with Crippen LogP contribution in [-0.2, 0) is 6.42 Å². The molecular formula is C28H29NO6. The fraction of sp³-hybridized carbons (Fsp3) is 0.286. The smallest absolute Gasteiger partial charge is 0.335 e. The maximum Gasteiger partial charge on any atom is 0.335 e. The molecule has 0 bridgehead atoms. The molecule has 3 aromatic rings. The molecule has 0 fully saturated rings. The minimum absolute atomic E-state index is 0.000977. The Bertz CT molecular complexity index is 1170. The summed E-state index contributed by atoms with van der Waals surface area (Å²) in [5, 5.41) is 22.5. The molecule has 1 aliphatic heterocycles. The number of hydrogen-bond acceptors (Lipinski definition) is 6. The summed E-state index contributed by atoms with van der Waals surface area (Å²) in [5.74, 6) is 0.530. The van der Waals surface area contributed by atoms with Crippen molar-refractivity contribution >= 4 is 11.8 Å². The number of ether oxygens (including phenoxy) is 2. The van der Waals surface area contributed by atoms with Crippen molar-refractivity contribution < 1.29 is 29.3 Å². The van der Waals surface area contributed by atoms with Crippen LogP contribution in [0.3, 0.4) is 0 Å². The molecule has 1 heterocycles. The standard InChI is InChI=1S/C28H29NO6/c1-18(30)19-6-10-25(11-7-19)34-17-24(31)15-29-16-26-12-8-23-14-22(9-13-27(23)35-26)20-2-4-21(5-3-20)28(32)33/h2-7,9-11,13-14,24,26,29,31H,8,12,15-17H2,1H3,(H,32,33)/t24?,26-/m1/s1. The third-order valence-electron chi connectivity index (χ3n) is 6.01. The van der Waals surface area contributed by atoms with E-state index in [0.717, 1.165) is 35.3 Å². The average molecular weight is 476 g/mol. The number of carbonyl (C=O) groups excluding carboxylic acids is 1. The fourth-order valence-electron chi connectivity index (χ4n) is 4.02. The summed E-state index contributed by atoms with van der Waals surface area (Å²) in [6, 6.07) is 19.8. The molecular weight excluding hydrogens is 446 g/mol. The van der Waals surface area contributed by atoms with Crippen molar-refractivity contribution in [2.24, 2.45) is 0 Å². The zero-order valence-electron chi connectivity index (χ0n) is 19.6. The quantitative estimate of drug-likeness (QED) is 0.381. The van der Waals surface area contributed by atoms with Crippen molar-refractivity contribution in [1.82, 2.24) is 5.32 Å². The molecule has 7 heteroatoms. The lowest BCUT2D eigenvalue weighted by Gasteiger charge is -2.27. The molecule has 3 aromatic carbocycles. The van der Waals surface area contributed by atoms with E-state index in [1.165, 1.54) is 6.92 Å². The number of benzene rings is 3. The number of carboxylic acids is 1. The summed E-state index contributed by atoms with van der Waals surface area (Å²) < 4.78 is 11.7. The summed E-state index contributed by atoms with van der Waals surface area (Å²) in [7, 11) is 0. The van der Waals surface area contributed by atoms with Crippen LogP contribution in [0.15, 0.2) is 66.7 Å². The van der Waals surface area contributed by atoms with Gasteiger partial charge in [0.25, 0.3) is 0 Å². The molecule has 1 aliphatic rings. The summed E-state index contributed by atoms with van der Waals surface area (Å²) in [5.41, 5.74) is 4.02. The number of aliphatic hydroxyl groups is 1. The lowest BCUT2D eigenvalue weighted by molar-refractivity contribution is 0.0696. The second-order valence-electron chi connectivity index (χ2n) is 8.69. The number of carbonyl (C=O) groups is 2. The highest BCUT2D eigenvalue weighted by Crippen LogP contribution is 2.32. The third kappa shape index (κ3) is 6.47. The molecule has 0 radical (unpaired) electrons. The van der Waals surface area contributed by atoms with Crippen LogP contribution < -0.4 is 14.8 Å². The Kier molecular flexibility index (Phi) is 7.80. The lowest BCUT2D eigenvalue weighted by atomic mass is 9.96. The highest BCUT2D eigenvalue weighted by molar-refractivity contribution is 5.94. The third-order valence-corrected chi connectivity index (χ3v) is 6.01. The molecule has 0 saturated carbocycles. The first kappa shape index (κ1) is 24.4. The van der Waals surface area contributed by atoms with E-state index in [4.69, 9.17) is 14.6 Å². The molecule has 0 spiro atoms. The second-order valence-corrected chi connectivity index (χ2v) is 8.69. The van der Waals surface area contributed by atoms with Crippen molar-refractivity contribution in [3.05, 3.63) is 83.4 Å². The predicted octanol–water partition coefficient (Wildman–Crippen LogP) is 3.98. The van der Waals surface area contributed by atoms with Gasteiger partial charge in [-0.15, -0.1) is 0 Å². The number of aryl methyl sites for hydroxylation is 1. The Labute approximate surface area is 204 Å². The van der Waals surface area contributed by atoms with Crippen LogP contribution in [0.2, 0.25) is 0 Å². The predicted molar refractivity (Wildman–Crippen MR) is 132 cm³/mol. The zero-order chi connectivity index (χ0) is 24.8. The zero-order valence-corrected chi connectivity index (χ0v) is 19.6. The SMILES string of the molecule is CC(=O)c1ccc(OCC(O)CNC[C@H]2CCc3cc(-c4ccc(C(=O)O)cc4)ccc3O2)cc1. The van der Waals surface area contributed by atoms with Gasteiger partial charge >= 0.3 is 5.97 Å². The molecule has 182 valence electrons. The number of nitrogens with one attached hydrogen (secondary N) is 1. The van der Waals surface area contributed by atoms with Crippen molar-refractivity contribution in [3.8, 4) is 22.6 Å². The molecule has 0 amide bonds. The number of carboxylic acid groups (broad SMARTS) is 1. The number of Topliss-reactive ketones (excluding diaryl/α,β-unsaturated/α-hetero) is 1. The highest BCUT2D eigenvalue weighted by Gasteiger charge is 2.20. The second kappa shape index (κ2) is 11.2. The van der Waals surface area contributed by atoms with Gasteiger partial charge in [-0.25, -0.2) is 4.79 Å². The van der Waals surface area contributed by atoms with E-state index in [9.17, 15) is 14.7 Å². The van der Waals surface area contributed by atoms with Crippen LogP contribution in [0.1, 0.15) is 39.6 Å². The Morgan fingerprint density at radius 2 is 1.71 bits per heavy atom. The first-order valence-electron chi connectivity index (χ1n) is 11.6. The van der Waals surface area contributed by atoms with E-state index in [-0.39, 0.29) is 24.1 Å². The molecule has 0 aromatic heterocycles. The van der Waals surface area contributed by atoms with Gasteiger partial charge < -0.3 is 25.0 Å². The number of rotatable bonds is 10. The molecule has 35 heavy (non-hydrogen) atoms. The van der Waals surface area contributed by atoms with Gasteiger partial charge in [0.1, 0.15) is 30.3 Å². The number of aliphatic hydroxyl groups excluding tert-OH is 1. The number of aromatic carboxylic acids is 1. The normalized spacial score (nSPS) is 15.5. The van der Waals surface area contributed by atoms with Gasteiger partial charge in [-0.3, -0.25) is 4.79 Å². The van der Waals surface area contributed by atoms with Gasteiger partial charge in [-0.05, 0) is 85.0 Å². The fourth-order valence-corrected chi connectivity index (χ4v) is 4.02. The lowest BCUT2D eigenvalue weighted by Crippen LogP contribution is -2.39. The molecule has 4 rings (SSSR count). The Balaban J connectivity index is 1.22. The maximum absolute atomic E-state index is 11.3. The first-order chi connectivity index (χ1) is 16.9. The van der Waals surface area contributed by atoms with Crippen LogP contribution in [-0.4, -0.2) is 53.9 Å². The number of ketones is 1. The Morgan fingerprint density at radius 3 is 2.40 bits per heavy atom. The van der Waals surface area contributed by atoms with Crippen LogP contribution in [0.4, 0.5) is 0 Å². The Hall–Kier alpha value is -3.68. The summed E-state index contributed by atoms with van der Waals surface area (Å²) in [4.78, 5) is 22.4. The first-order valence-corrected chi connectivity index (χ1v) is 11.6. The highest BCUT2D eigenvalue weighted by atomic mass is 16.5. The largest absolute Gasteiger partial charge is 0.491 e. The van der Waals surface area contributed by atoms with Gasteiger partial charge in [0, 0.05) is 18.7 Å². The van der Waals surface area contributed by atoms with Crippen LogP contribution in [0, 0.1) is 0 Å². The van der Waals surface area contributed by atoms with Gasteiger partial charge in [0.15, 0.2) is 5.78 Å². The van der Waals surface area contributed by atoms with E-state index in [2.05, 4.69) is 11.4 Å². The summed E-state index contributed by atoms with van der Waals surface area (Å²) in [6.45, 7) is 2.66. The summed E-state index contributed by atoms with van der Waals surface area (Å²) in [6.07, 6.45) is 1.07.